The van der Waals surface area contributed by atoms with Gasteiger partial charge >= 0.3 is 0 Å². The van der Waals surface area contributed by atoms with Gasteiger partial charge in [-0.2, -0.15) is 0 Å². The highest BCUT2D eigenvalue weighted by molar-refractivity contribution is 6.30. The van der Waals surface area contributed by atoms with Crippen molar-refractivity contribution in [2.45, 2.75) is 13.0 Å². The number of ether oxygens (including phenoxy) is 3. The van der Waals surface area contributed by atoms with Crippen molar-refractivity contribution >= 4 is 17.3 Å². The molecule has 0 bridgehead atoms. The summed E-state index contributed by atoms with van der Waals surface area (Å²) in [7, 11) is 3.33. The Morgan fingerprint density at radius 2 is 1.74 bits per heavy atom. The molecule has 0 radical (unpaired) electrons. The number of halogens is 1. The number of hydrogen-bond donors (Lipinski definition) is 1. The van der Waals surface area contributed by atoms with E-state index in [2.05, 4.69) is 5.32 Å². The molecule has 0 atom stereocenters. The van der Waals surface area contributed by atoms with E-state index in [1.807, 2.05) is 42.5 Å². The fourth-order valence-corrected chi connectivity index (χ4v) is 2.23. The van der Waals surface area contributed by atoms with Gasteiger partial charge in [-0.05, 0) is 42.0 Å². The molecule has 0 amide bonds. The lowest BCUT2D eigenvalue weighted by atomic mass is 10.2. The number of hydrogen-bond acceptors (Lipinski definition) is 4. The van der Waals surface area contributed by atoms with Crippen LogP contribution in [0.25, 0.3) is 0 Å². The second-order valence-corrected chi connectivity index (χ2v) is 5.48. The molecule has 0 spiro atoms. The van der Waals surface area contributed by atoms with Crippen LogP contribution in [-0.2, 0) is 11.3 Å². The van der Waals surface area contributed by atoms with Crippen LogP contribution in [0, 0.1) is 0 Å². The van der Waals surface area contributed by atoms with Crippen LogP contribution in [0.15, 0.2) is 42.5 Å². The van der Waals surface area contributed by atoms with E-state index in [4.69, 9.17) is 25.8 Å². The number of anilines is 1. The molecule has 1 N–H and O–H groups in total. The van der Waals surface area contributed by atoms with Gasteiger partial charge in [0.1, 0.15) is 0 Å². The molecule has 23 heavy (non-hydrogen) atoms. The maximum absolute atomic E-state index is 5.89. The van der Waals surface area contributed by atoms with Gasteiger partial charge in [-0.1, -0.05) is 17.7 Å². The third kappa shape index (κ3) is 5.66. The largest absolute Gasteiger partial charge is 0.493 e. The fourth-order valence-electron chi connectivity index (χ4n) is 2.10. The topological polar surface area (TPSA) is 39.7 Å². The average Bonchev–Trinajstić information content (AvgIpc) is 2.58. The summed E-state index contributed by atoms with van der Waals surface area (Å²) < 4.78 is 16.2. The molecule has 2 rings (SSSR count). The van der Waals surface area contributed by atoms with Crippen LogP contribution < -0.4 is 14.8 Å². The van der Waals surface area contributed by atoms with Gasteiger partial charge in [0.05, 0.1) is 13.7 Å². The lowest BCUT2D eigenvalue weighted by molar-refractivity contribution is 0.170. The van der Waals surface area contributed by atoms with Crippen LogP contribution >= 0.6 is 11.6 Å². The zero-order chi connectivity index (χ0) is 16.5. The standard InChI is InChI=1S/C18H22ClNO3/c1-21-10-3-11-23-18-12-14(4-9-17(18)22-2)13-20-16-7-5-15(19)6-8-16/h4-9,12,20H,3,10-11,13H2,1-2H3. The molecule has 4 nitrogen and oxygen atoms in total. The van der Waals surface area contributed by atoms with Crippen molar-refractivity contribution in [1.82, 2.24) is 0 Å². The monoisotopic (exact) mass is 335 g/mol. The second-order valence-electron chi connectivity index (χ2n) is 5.04. The predicted octanol–water partition coefficient (Wildman–Crippen LogP) is 4.38. The van der Waals surface area contributed by atoms with Gasteiger partial charge < -0.3 is 19.5 Å². The lowest BCUT2D eigenvalue weighted by Crippen LogP contribution is -2.04. The van der Waals surface area contributed by atoms with Crippen LogP contribution in [0.1, 0.15) is 12.0 Å². The molecule has 0 heterocycles. The number of benzene rings is 2. The van der Waals surface area contributed by atoms with Gasteiger partial charge in [-0.3, -0.25) is 0 Å². The van der Waals surface area contributed by atoms with Crippen LogP contribution in [0.3, 0.4) is 0 Å². The molecule has 0 aliphatic rings. The number of methoxy groups -OCH3 is 2. The van der Waals surface area contributed by atoms with Crippen molar-refractivity contribution in [3.8, 4) is 11.5 Å². The van der Waals surface area contributed by atoms with Gasteiger partial charge in [0, 0.05) is 37.4 Å². The predicted molar refractivity (Wildman–Crippen MR) is 93.8 cm³/mol. The normalized spacial score (nSPS) is 10.4. The van der Waals surface area contributed by atoms with Crippen molar-refractivity contribution in [2.75, 3.05) is 32.8 Å². The van der Waals surface area contributed by atoms with E-state index < -0.39 is 0 Å². The summed E-state index contributed by atoms with van der Waals surface area (Å²) in [6, 6.07) is 13.6. The number of nitrogens with one attached hydrogen (secondary N) is 1. The quantitative estimate of drug-likeness (QED) is 0.690. The Balaban J connectivity index is 1.97. The summed E-state index contributed by atoms with van der Waals surface area (Å²) in [4.78, 5) is 0. The minimum Gasteiger partial charge on any atom is -0.493 e. The van der Waals surface area contributed by atoms with Gasteiger partial charge in [-0.25, -0.2) is 0 Å². The lowest BCUT2D eigenvalue weighted by Gasteiger charge is -2.13. The van der Waals surface area contributed by atoms with Crippen LogP contribution in [0.5, 0.6) is 11.5 Å². The van der Waals surface area contributed by atoms with Crippen molar-refractivity contribution in [3.63, 3.8) is 0 Å². The molecular formula is C18H22ClNO3. The zero-order valence-electron chi connectivity index (χ0n) is 13.5. The Labute approximate surface area is 142 Å². The summed E-state index contributed by atoms with van der Waals surface area (Å²) >= 11 is 5.89. The summed E-state index contributed by atoms with van der Waals surface area (Å²) in [6.07, 6.45) is 0.840. The molecule has 2 aromatic carbocycles. The minimum absolute atomic E-state index is 0.596. The molecule has 5 heteroatoms. The first-order valence-electron chi connectivity index (χ1n) is 7.51. The van der Waals surface area contributed by atoms with E-state index in [-0.39, 0.29) is 0 Å². The highest BCUT2D eigenvalue weighted by Crippen LogP contribution is 2.28. The summed E-state index contributed by atoms with van der Waals surface area (Å²) in [5, 5.41) is 4.08. The summed E-state index contributed by atoms with van der Waals surface area (Å²) in [6.45, 7) is 1.97. The molecule has 124 valence electrons. The highest BCUT2D eigenvalue weighted by Gasteiger charge is 2.06. The van der Waals surface area contributed by atoms with Crippen LogP contribution in [-0.4, -0.2) is 27.4 Å². The van der Waals surface area contributed by atoms with Crippen LogP contribution in [0.4, 0.5) is 5.69 Å². The molecular weight excluding hydrogens is 314 g/mol. The summed E-state index contributed by atoms with van der Waals surface area (Å²) in [5.41, 5.74) is 2.13. The Morgan fingerprint density at radius 3 is 2.43 bits per heavy atom. The van der Waals surface area contributed by atoms with Crippen molar-refractivity contribution < 1.29 is 14.2 Å². The smallest absolute Gasteiger partial charge is 0.161 e. The molecule has 0 saturated heterocycles. The first-order chi connectivity index (χ1) is 11.2. The molecule has 2 aromatic rings. The molecule has 0 aliphatic carbocycles. The maximum Gasteiger partial charge on any atom is 0.161 e. The third-order valence-corrected chi connectivity index (χ3v) is 3.57. The van der Waals surface area contributed by atoms with Gasteiger partial charge in [0.15, 0.2) is 11.5 Å². The Bertz CT molecular complexity index is 602. The van der Waals surface area contributed by atoms with Crippen molar-refractivity contribution in [3.05, 3.63) is 53.1 Å². The van der Waals surface area contributed by atoms with E-state index >= 15 is 0 Å². The first kappa shape index (κ1) is 17.4. The third-order valence-electron chi connectivity index (χ3n) is 3.32. The minimum atomic E-state index is 0.596. The Morgan fingerprint density at radius 1 is 0.957 bits per heavy atom. The second kappa shape index (κ2) is 9.28. The number of rotatable bonds is 9. The SMILES string of the molecule is COCCCOc1cc(CNc2ccc(Cl)cc2)ccc1OC. The van der Waals surface area contributed by atoms with E-state index in [0.29, 0.717) is 19.8 Å². The van der Waals surface area contributed by atoms with Crippen molar-refractivity contribution in [1.29, 1.82) is 0 Å². The van der Waals surface area contributed by atoms with E-state index in [9.17, 15) is 0 Å². The highest BCUT2D eigenvalue weighted by atomic mass is 35.5. The van der Waals surface area contributed by atoms with Gasteiger partial charge in [0.25, 0.3) is 0 Å². The zero-order valence-corrected chi connectivity index (χ0v) is 14.2. The van der Waals surface area contributed by atoms with Crippen molar-refractivity contribution in [2.24, 2.45) is 0 Å². The average molecular weight is 336 g/mol. The molecule has 0 aliphatic heterocycles. The van der Waals surface area contributed by atoms with Crippen LogP contribution in [0.2, 0.25) is 5.02 Å². The maximum atomic E-state index is 5.89. The van der Waals surface area contributed by atoms with E-state index in [1.165, 1.54) is 0 Å². The van der Waals surface area contributed by atoms with E-state index in [1.54, 1.807) is 14.2 Å². The molecule has 0 fully saturated rings. The molecule has 0 aromatic heterocycles. The van der Waals surface area contributed by atoms with E-state index in [0.717, 1.165) is 34.2 Å². The van der Waals surface area contributed by atoms with Gasteiger partial charge in [0.2, 0.25) is 0 Å². The Hall–Kier alpha value is -1.91. The van der Waals surface area contributed by atoms with Gasteiger partial charge in [-0.15, -0.1) is 0 Å². The fraction of sp³-hybridized carbons (Fsp3) is 0.333. The molecule has 0 saturated carbocycles. The Kier molecular flexibility index (Phi) is 7.04. The first-order valence-corrected chi connectivity index (χ1v) is 7.89. The molecule has 0 unspecified atom stereocenters. The summed E-state index contributed by atoms with van der Waals surface area (Å²) in [5.74, 6) is 1.48.